The summed E-state index contributed by atoms with van der Waals surface area (Å²) in [7, 11) is 0. The lowest BCUT2D eigenvalue weighted by Crippen LogP contribution is -2.05. The van der Waals surface area contributed by atoms with Gasteiger partial charge in [0.15, 0.2) is 5.78 Å². The molecule has 0 saturated heterocycles. The number of ketones is 1. The van der Waals surface area contributed by atoms with Crippen LogP contribution in [0.4, 0.5) is 0 Å². The van der Waals surface area contributed by atoms with Gasteiger partial charge in [-0.3, -0.25) is 4.79 Å². The van der Waals surface area contributed by atoms with Crippen molar-refractivity contribution in [2.24, 2.45) is 0 Å². The molecule has 0 aliphatic heterocycles. The molecule has 4 aromatic rings. The zero-order valence-electron chi connectivity index (χ0n) is 15.7. The number of carbonyl (C=O) groups excluding carboxylic acids is 3. The number of para-hydroxylation sites is 2. The number of ether oxygens (including phenoxy) is 1. The summed E-state index contributed by atoms with van der Waals surface area (Å²) in [6.07, 6.45) is 2.28. The number of nitrogens with zero attached hydrogens (tertiary/aromatic N) is 1. The molecular weight excluding hydrogens is 368 g/mol. The zero-order valence-corrected chi connectivity index (χ0v) is 15.7. The van der Waals surface area contributed by atoms with Crippen molar-refractivity contribution in [1.29, 1.82) is 0 Å². The van der Waals surface area contributed by atoms with Gasteiger partial charge in [0.25, 0.3) is 0 Å². The molecule has 29 heavy (non-hydrogen) atoms. The average Bonchev–Trinajstić information content (AvgIpc) is 3.09. The summed E-state index contributed by atoms with van der Waals surface area (Å²) >= 11 is 0. The highest BCUT2D eigenvalue weighted by Crippen LogP contribution is 2.26. The van der Waals surface area contributed by atoms with E-state index in [1.165, 1.54) is 0 Å². The van der Waals surface area contributed by atoms with Crippen LogP contribution in [0.15, 0.2) is 72.9 Å². The van der Waals surface area contributed by atoms with Crippen LogP contribution in [0, 0.1) is 6.92 Å². The smallest absolute Gasteiger partial charge is 0.373 e. The summed E-state index contributed by atoms with van der Waals surface area (Å²) in [5.41, 5.74) is 3.35. The molecule has 2 aromatic heterocycles. The van der Waals surface area contributed by atoms with Gasteiger partial charge in [0.05, 0.1) is 5.56 Å². The van der Waals surface area contributed by atoms with Crippen molar-refractivity contribution in [3.05, 3.63) is 89.7 Å². The van der Waals surface area contributed by atoms with Gasteiger partial charge in [0, 0.05) is 23.7 Å². The van der Waals surface area contributed by atoms with E-state index in [1.54, 1.807) is 12.3 Å². The van der Waals surface area contributed by atoms with E-state index in [0.29, 0.717) is 17.1 Å². The van der Waals surface area contributed by atoms with Crippen LogP contribution in [-0.4, -0.2) is 21.9 Å². The van der Waals surface area contributed by atoms with Crippen molar-refractivity contribution in [1.82, 2.24) is 9.97 Å². The molecule has 0 saturated carbocycles. The lowest BCUT2D eigenvalue weighted by atomic mass is 10.0. The van der Waals surface area contributed by atoms with Crippen LogP contribution >= 0.6 is 0 Å². The minimum atomic E-state index is 0.00457. The quantitative estimate of drug-likeness (QED) is 0.510. The van der Waals surface area contributed by atoms with Crippen LogP contribution < -0.4 is 4.74 Å². The lowest BCUT2D eigenvalue weighted by molar-refractivity contribution is -0.191. The van der Waals surface area contributed by atoms with E-state index in [2.05, 4.69) is 9.97 Å². The number of nitrogens with one attached hydrogen (secondary N) is 1. The number of hydrogen-bond acceptors (Lipinski definition) is 5. The Balaban J connectivity index is 0.000000755. The van der Waals surface area contributed by atoms with E-state index in [0.717, 1.165) is 22.3 Å². The van der Waals surface area contributed by atoms with E-state index in [-0.39, 0.29) is 18.4 Å². The summed E-state index contributed by atoms with van der Waals surface area (Å²) in [5, 5.41) is 1.02. The molecule has 1 N–H and O–H groups in total. The van der Waals surface area contributed by atoms with E-state index in [9.17, 15) is 4.79 Å². The summed E-state index contributed by atoms with van der Waals surface area (Å²) < 4.78 is 5.90. The summed E-state index contributed by atoms with van der Waals surface area (Å²) in [6.45, 7) is 1.99. The number of carbonyl (C=O) groups is 1. The third-order valence-electron chi connectivity index (χ3n) is 4.18. The second-order valence-electron chi connectivity index (χ2n) is 6.33. The largest absolute Gasteiger partial charge is 0.457 e. The van der Waals surface area contributed by atoms with Gasteiger partial charge >= 0.3 is 6.15 Å². The minimum Gasteiger partial charge on any atom is -0.457 e. The summed E-state index contributed by atoms with van der Waals surface area (Å²) in [6, 6.07) is 20.8. The molecular formula is C23H18N2O4. The van der Waals surface area contributed by atoms with Gasteiger partial charge in [-0.25, -0.2) is 4.98 Å². The molecule has 144 valence electrons. The standard InChI is InChI=1S/C22H18N2O2.CO2/c1-15-11-17-12-16(14-23-22(17)24-15)13-20(25)19-9-5-6-10-21(19)26-18-7-3-2-4-8-18;2-1-3/h2-12,14H,13H2,1H3,(H,23,24);. The maximum absolute atomic E-state index is 12.9. The second kappa shape index (κ2) is 9.26. The Bertz CT molecular complexity index is 1160. The van der Waals surface area contributed by atoms with Crippen LogP contribution in [0.25, 0.3) is 11.0 Å². The van der Waals surface area contributed by atoms with E-state index >= 15 is 0 Å². The maximum Gasteiger partial charge on any atom is 0.373 e. The summed E-state index contributed by atoms with van der Waals surface area (Å²) in [5.74, 6) is 1.28. The van der Waals surface area contributed by atoms with Gasteiger partial charge in [-0.05, 0) is 48.9 Å². The van der Waals surface area contributed by atoms with Gasteiger partial charge in [-0.15, -0.1) is 0 Å². The van der Waals surface area contributed by atoms with E-state index in [4.69, 9.17) is 14.3 Å². The fraction of sp³-hybridized carbons (Fsp3) is 0.0870. The normalized spacial score (nSPS) is 9.97. The molecule has 0 bridgehead atoms. The fourth-order valence-electron chi connectivity index (χ4n) is 2.98. The molecule has 0 unspecified atom stereocenters. The molecule has 0 aliphatic carbocycles. The van der Waals surface area contributed by atoms with Gasteiger partial charge in [-0.2, -0.15) is 9.59 Å². The second-order valence-corrected chi connectivity index (χ2v) is 6.33. The Kier molecular flexibility index (Phi) is 6.30. The van der Waals surface area contributed by atoms with Gasteiger partial charge < -0.3 is 9.72 Å². The Hall–Kier alpha value is -4.02. The maximum atomic E-state index is 12.9. The van der Waals surface area contributed by atoms with Crippen LogP contribution in [0.1, 0.15) is 21.6 Å². The van der Waals surface area contributed by atoms with Crippen molar-refractivity contribution >= 4 is 23.0 Å². The van der Waals surface area contributed by atoms with Gasteiger partial charge in [-0.1, -0.05) is 30.3 Å². The lowest BCUT2D eigenvalue weighted by Gasteiger charge is -2.10. The highest BCUT2D eigenvalue weighted by molar-refractivity contribution is 6.00. The molecule has 0 radical (unpaired) electrons. The highest BCUT2D eigenvalue weighted by atomic mass is 16.5. The molecule has 0 amide bonds. The highest BCUT2D eigenvalue weighted by Gasteiger charge is 2.14. The van der Waals surface area contributed by atoms with Crippen molar-refractivity contribution in [2.45, 2.75) is 13.3 Å². The third-order valence-corrected chi connectivity index (χ3v) is 4.18. The minimum absolute atomic E-state index is 0.00457. The molecule has 2 aromatic carbocycles. The van der Waals surface area contributed by atoms with Crippen molar-refractivity contribution in [3.8, 4) is 11.5 Å². The number of Topliss-reactive ketones (excluding diaryl/α,β-unsaturated/α-hetero) is 1. The zero-order chi connectivity index (χ0) is 20.6. The molecule has 0 atom stereocenters. The first-order valence-corrected chi connectivity index (χ1v) is 8.89. The molecule has 0 aliphatic rings. The topological polar surface area (TPSA) is 89.1 Å². The van der Waals surface area contributed by atoms with Crippen molar-refractivity contribution in [3.63, 3.8) is 0 Å². The predicted molar refractivity (Wildman–Crippen MR) is 107 cm³/mol. The third kappa shape index (κ3) is 5.03. The monoisotopic (exact) mass is 386 g/mol. The molecule has 2 heterocycles. The number of aryl methyl sites for hydroxylation is 1. The van der Waals surface area contributed by atoms with E-state index in [1.807, 2.05) is 67.6 Å². The Labute approximate surface area is 167 Å². The van der Waals surface area contributed by atoms with Crippen LogP contribution in [-0.2, 0) is 16.0 Å². The van der Waals surface area contributed by atoms with Crippen LogP contribution in [0.5, 0.6) is 11.5 Å². The Morgan fingerprint density at radius 3 is 2.48 bits per heavy atom. The average molecular weight is 386 g/mol. The Morgan fingerprint density at radius 1 is 1.03 bits per heavy atom. The number of pyridine rings is 1. The van der Waals surface area contributed by atoms with Gasteiger partial charge in [0.1, 0.15) is 17.1 Å². The fourth-order valence-corrected chi connectivity index (χ4v) is 2.98. The first-order valence-electron chi connectivity index (χ1n) is 8.89. The number of H-pyrrole nitrogens is 1. The van der Waals surface area contributed by atoms with Crippen LogP contribution in [0.3, 0.4) is 0 Å². The van der Waals surface area contributed by atoms with Gasteiger partial charge in [0.2, 0.25) is 0 Å². The molecule has 0 spiro atoms. The molecule has 0 fully saturated rings. The number of aromatic nitrogens is 2. The molecule has 6 heteroatoms. The van der Waals surface area contributed by atoms with Crippen molar-refractivity contribution in [2.75, 3.05) is 0 Å². The van der Waals surface area contributed by atoms with Crippen LogP contribution in [0.2, 0.25) is 0 Å². The number of aromatic amines is 1. The predicted octanol–water partition coefficient (Wildman–Crippen LogP) is 4.51. The summed E-state index contributed by atoms with van der Waals surface area (Å²) in [4.78, 5) is 36.7. The first kappa shape index (κ1) is 19.7. The van der Waals surface area contributed by atoms with Crippen molar-refractivity contribution < 1.29 is 19.1 Å². The molecule has 6 nitrogen and oxygen atoms in total. The molecule has 4 rings (SSSR count). The number of benzene rings is 2. The van der Waals surface area contributed by atoms with E-state index < -0.39 is 0 Å². The Morgan fingerprint density at radius 2 is 1.72 bits per heavy atom. The number of hydrogen-bond donors (Lipinski definition) is 1. The number of fused-ring (bicyclic) bond motifs is 1. The first-order chi connectivity index (χ1) is 14.1. The number of rotatable bonds is 5. The SMILES string of the molecule is Cc1cc2cc(CC(=O)c3ccccc3Oc3ccccc3)cnc2[nH]1.O=C=O.